The van der Waals surface area contributed by atoms with Gasteiger partial charge in [0.15, 0.2) is 4.80 Å². The predicted molar refractivity (Wildman–Crippen MR) is 115 cm³/mol. The van der Waals surface area contributed by atoms with Crippen LogP contribution < -0.4 is 14.9 Å². The SMILES string of the molecule is CCOC(=O)C1=C(C)N=c2sc(=Cc3ccc(C)o3)c(=O)n2[C@H]1c1ccccc1Cl. The van der Waals surface area contributed by atoms with E-state index in [9.17, 15) is 9.59 Å². The summed E-state index contributed by atoms with van der Waals surface area (Å²) in [5.41, 5.74) is 1.17. The molecule has 154 valence electrons. The van der Waals surface area contributed by atoms with E-state index in [-0.39, 0.29) is 12.2 Å². The number of benzene rings is 1. The molecule has 0 radical (unpaired) electrons. The van der Waals surface area contributed by atoms with Gasteiger partial charge in [0, 0.05) is 11.1 Å². The third-order valence-electron chi connectivity index (χ3n) is 4.75. The Labute approximate surface area is 181 Å². The molecule has 1 atom stereocenters. The van der Waals surface area contributed by atoms with Crippen LogP contribution in [0.3, 0.4) is 0 Å². The molecule has 0 N–H and O–H groups in total. The van der Waals surface area contributed by atoms with E-state index in [1.807, 2.05) is 19.1 Å². The molecule has 1 aliphatic heterocycles. The summed E-state index contributed by atoms with van der Waals surface area (Å²) in [5.74, 6) is 0.816. The van der Waals surface area contributed by atoms with Crippen LogP contribution in [0.1, 0.15) is 37.0 Å². The quantitative estimate of drug-likeness (QED) is 0.581. The summed E-state index contributed by atoms with van der Waals surface area (Å²) >= 11 is 7.71. The smallest absolute Gasteiger partial charge is 0.338 e. The van der Waals surface area contributed by atoms with Gasteiger partial charge in [-0.1, -0.05) is 41.1 Å². The lowest BCUT2D eigenvalue weighted by Gasteiger charge is -2.25. The van der Waals surface area contributed by atoms with Crippen molar-refractivity contribution < 1.29 is 13.9 Å². The first-order valence-electron chi connectivity index (χ1n) is 9.41. The van der Waals surface area contributed by atoms with Gasteiger partial charge in [-0.25, -0.2) is 9.79 Å². The molecule has 1 aromatic carbocycles. The van der Waals surface area contributed by atoms with Crippen molar-refractivity contribution in [3.05, 3.63) is 89.5 Å². The number of carbonyl (C=O) groups is 1. The first kappa shape index (κ1) is 20.4. The molecule has 3 aromatic rings. The Bertz CT molecular complexity index is 1350. The number of rotatable bonds is 4. The molecule has 6 nitrogen and oxygen atoms in total. The van der Waals surface area contributed by atoms with Crippen molar-refractivity contribution in [1.82, 2.24) is 4.57 Å². The molecule has 2 aromatic heterocycles. The van der Waals surface area contributed by atoms with Crippen LogP contribution in [0.5, 0.6) is 0 Å². The Balaban J connectivity index is 1.99. The van der Waals surface area contributed by atoms with Crippen molar-refractivity contribution in [2.75, 3.05) is 6.61 Å². The fraction of sp³-hybridized carbons (Fsp3) is 0.227. The van der Waals surface area contributed by atoms with Gasteiger partial charge in [0.1, 0.15) is 17.6 Å². The monoisotopic (exact) mass is 442 g/mol. The average molecular weight is 443 g/mol. The highest BCUT2D eigenvalue weighted by Gasteiger charge is 2.34. The lowest BCUT2D eigenvalue weighted by Crippen LogP contribution is -2.40. The Morgan fingerprint density at radius 2 is 2.07 bits per heavy atom. The number of carbonyl (C=O) groups excluding carboxylic acids is 1. The van der Waals surface area contributed by atoms with E-state index in [1.165, 1.54) is 15.9 Å². The van der Waals surface area contributed by atoms with Crippen LogP contribution in [0.2, 0.25) is 5.02 Å². The molecule has 30 heavy (non-hydrogen) atoms. The number of thiazole rings is 1. The number of furan rings is 1. The normalized spacial score (nSPS) is 16.4. The fourth-order valence-corrected chi connectivity index (χ4v) is 4.71. The Hall–Kier alpha value is -2.90. The number of ether oxygens (including phenoxy) is 1. The van der Waals surface area contributed by atoms with Gasteiger partial charge in [-0.15, -0.1) is 0 Å². The van der Waals surface area contributed by atoms with Gasteiger partial charge in [0.05, 0.1) is 22.4 Å². The minimum absolute atomic E-state index is 0.215. The van der Waals surface area contributed by atoms with Crippen molar-refractivity contribution >= 4 is 35.0 Å². The van der Waals surface area contributed by atoms with Gasteiger partial charge in [-0.05, 0) is 44.5 Å². The van der Waals surface area contributed by atoms with Crippen LogP contribution in [-0.2, 0) is 9.53 Å². The fourth-order valence-electron chi connectivity index (χ4n) is 3.44. The van der Waals surface area contributed by atoms with Crippen molar-refractivity contribution in [1.29, 1.82) is 0 Å². The van der Waals surface area contributed by atoms with E-state index in [0.717, 1.165) is 5.76 Å². The lowest BCUT2D eigenvalue weighted by atomic mass is 9.96. The summed E-state index contributed by atoms with van der Waals surface area (Å²) in [6.45, 7) is 5.53. The minimum Gasteiger partial charge on any atom is -0.463 e. The molecular formula is C22H19ClN2O4S. The van der Waals surface area contributed by atoms with Crippen LogP contribution in [0.4, 0.5) is 0 Å². The molecule has 8 heteroatoms. The highest BCUT2D eigenvalue weighted by Crippen LogP contribution is 2.34. The number of hydrogen-bond acceptors (Lipinski definition) is 6. The average Bonchev–Trinajstić information content (AvgIpc) is 3.24. The summed E-state index contributed by atoms with van der Waals surface area (Å²) in [7, 11) is 0. The molecular weight excluding hydrogens is 424 g/mol. The van der Waals surface area contributed by atoms with Gasteiger partial charge in [-0.3, -0.25) is 9.36 Å². The molecule has 3 heterocycles. The van der Waals surface area contributed by atoms with Crippen molar-refractivity contribution in [2.45, 2.75) is 26.8 Å². The van der Waals surface area contributed by atoms with Gasteiger partial charge in [-0.2, -0.15) is 0 Å². The van der Waals surface area contributed by atoms with E-state index in [4.69, 9.17) is 20.8 Å². The first-order valence-corrected chi connectivity index (χ1v) is 10.6. The maximum absolute atomic E-state index is 13.4. The zero-order valence-corrected chi connectivity index (χ0v) is 18.2. The zero-order chi connectivity index (χ0) is 21.4. The Morgan fingerprint density at radius 3 is 2.73 bits per heavy atom. The van der Waals surface area contributed by atoms with Crippen LogP contribution in [0.15, 0.2) is 61.9 Å². The second kappa shape index (κ2) is 8.08. The number of aromatic nitrogens is 1. The van der Waals surface area contributed by atoms with E-state index < -0.39 is 12.0 Å². The maximum atomic E-state index is 13.4. The van der Waals surface area contributed by atoms with Gasteiger partial charge >= 0.3 is 5.97 Å². The van der Waals surface area contributed by atoms with Gasteiger partial charge in [0.2, 0.25) is 0 Å². The Kier molecular flexibility index (Phi) is 5.49. The summed E-state index contributed by atoms with van der Waals surface area (Å²) < 4.78 is 12.8. The predicted octanol–water partition coefficient (Wildman–Crippen LogP) is 3.35. The second-order valence-corrected chi connectivity index (χ2v) is 8.19. The van der Waals surface area contributed by atoms with Gasteiger partial charge in [0.25, 0.3) is 5.56 Å². The maximum Gasteiger partial charge on any atom is 0.338 e. The molecule has 0 saturated heterocycles. The van der Waals surface area contributed by atoms with E-state index in [0.29, 0.717) is 37.0 Å². The third-order valence-corrected chi connectivity index (χ3v) is 6.08. The highest BCUT2D eigenvalue weighted by molar-refractivity contribution is 7.07. The number of allylic oxidation sites excluding steroid dienone is 1. The molecule has 0 unspecified atom stereocenters. The molecule has 1 aliphatic rings. The van der Waals surface area contributed by atoms with Crippen LogP contribution in [-0.4, -0.2) is 17.1 Å². The molecule has 0 bridgehead atoms. The van der Waals surface area contributed by atoms with Crippen molar-refractivity contribution in [3.8, 4) is 0 Å². The molecule has 0 spiro atoms. The van der Waals surface area contributed by atoms with Crippen LogP contribution >= 0.6 is 22.9 Å². The number of halogens is 1. The number of nitrogens with zero attached hydrogens (tertiary/aromatic N) is 2. The van der Waals surface area contributed by atoms with E-state index in [2.05, 4.69) is 4.99 Å². The number of fused-ring (bicyclic) bond motifs is 1. The number of hydrogen-bond donors (Lipinski definition) is 0. The largest absolute Gasteiger partial charge is 0.463 e. The topological polar surface area (TPSA) is 73.8 Å². The first-order chi connectivity index (χ1) is 14.4. The molecule has 4 rings (SSSR count). The van der Waals surface area contributed by atoms with Crippen LogP contribution in [0, 0.1) is 6.92 Å². The highest BCUT2D eigenvalue weighted by atomic mass is 35.5. The molecule has 0 aliphatic carbocycles. The molecule has 0 fully saturated rings. The standard InChI is InChI=1S/C22H19ClN2O4S/c1-4-28-21(27)18-13(3)24-22-25(19(18)15-7-5-6-8-16(15)23)20(26)17(30-22)11-14-10-9-12(2)29-14/h5-11,19H,4H2,1-3H3/t19-/m0/s1. The molecule has 0 saturated carbocycles. The third kappa shape index (κ3) is 3.55. The van der Waals surface area contributed by atoms with Crippen LogP contribution in [0.25, 0.3) is 6.08 Å². The second-order valence-electron chi connectivity index (χ2n) is 6.77. The van der Waals surface area contributed by atoms with Crippen molar-refractivity contribution in [2.24, 2.45) is 4.99 Å². The summed E-state index contributed by atoms with van der Waals surface area (Å²) in [6.07, 6.45) is 1.68. The number of aryl methyl sites for hydroxylation is 1. The summed E-state index contributed by atoms with van der Waals surface area (Å²) in [5, 5.41) is 0.454. The number of esters is 1. The van der Waals surface area contributed by atoms with E-state index in [1.54, 1.807) is 44.2 Å². The Morgan fingerprint density at radius 1 is 1.30 bits per heavy atom. The summed E-state index contributed by atoms with van der Waals surface area (Å²) in [4.78, 5) is 31.2. The zero-order valence-electron chi connectivity index (χ0n) is 16.6. The van der Waals surface area contributed by atoms with Gasteiger partial charge < -0.3 is 9.15 Å². The van der Waals surface area contributed by atoms with E-state index >= 15 is 0 Å². The molecule has 0 amide bonds. The minimum atomic E-state index is -0.727. The van der Waals surface area contributed by atoms with Crippen molar-refractivity contribution in [3.63, 3.8) is 0 Å². The summed E-state index contributed by atoms with van der Waals surface area (Å²) in [6, 6.07) is 10.1. The lowest BCUT2D eigenvalue weighted by molar-refractivity contribution is -0.139.